The maximum Gasteiger partial charge on any atom is 0.212 e. The Morgan fingerprint density at radius 2 is 1.94 bits per heavy atom. The van der Waals surface area contributed by atoms with E-state index in [0.29, 0.717) is 12.6 Å². The highest BCUT2D eigenvalue weighted by Crippen LogP contribution is 2.26. The summed E-state index contributed by atoms with van der Waals surface area (Å²) in [6.45, 7) is 2.81. The average Bonchev–Trinajstić information content (AvgIpc) is 2.56. The summed E-state index contributed by atoms with van der Waals surface area (Å²) in [4.78, 5) is 0. The first-order chi connectivity index (χ1) is 8.57. The summed E-state index contributed by atoms with van der Waals surface area (Å²) in [5.41, 5.74) is 0. The van der Waals surface area contributed by atoms with E-state index in [4.69, 9.17) is 0 Å². The van der Waals surface area contributed by atoms with E-state index in [2.05, 4.69) is 17.0 Å². The third kappa shape index (κ3) is 6.16. The summed E-state index contributed by atoms with van der Waals surface area (Å²) >= 11 is 0. The Morgan fingerprint density at radius 3 is 2.61 bits per heavy atom. The van der Waals surface area contributed by atoms with Crippen LogP contribution in [0.25, 0.3) is 0 Å². The lowest BCUT2D eigenvalue weighted by atomic mass is 9.95. The SMILES string of the molecule is CCCC1CCCC(NCCS(=O)(=O)NC)CC1. The van der Waals surface area contributed by atoms with Crippen LogP contribution in [0.4, 0.5) is 0 Å². The van der Waals surface area contributed by atoms with E-state index in [0.717, 1.165) is 5.92 Å². The molecule has 5 heteroatoms. The van der Waals surface area contributed by atoms with Crippen LogP contribution >= 0.6 is 0 Å². The zero-order chi connectivity index (χ0) is 13.4. The smallest absolute Gasteiger partial charge is 0.212 e. The van der Waals surface area contributed by atoms with Gasteiger partial charge in [-0.25, -0.2) is 13.1 Å². The quantitative estimate of drug-likeness (QED) is 0.698. The van der Waals surface area contributed by atoms with Gasteiger partial charge in [0.1, 0.15) is 0 Å². The molecule has 0 spiro atoms. The third-order valence-electron chi connectivity index (χ3n) is 3.90. The molecule has 0 aromatic carbocycles. The van der Waals surface area contributed by atoms with Crippen molar-refractivity contribution >= 4 is 10.0 Å². The minimum absolute atomic E-state index is 0.179. The van der Waals surface area contributed by atoms with Crippen molar-refractivity contribution in [1.29, 1.82) is 0 Å². The zero-order valence-electron chi connectivity index (χ0n) is 11.7. The monoisotopic (exact) mass is 276 g/mol. The molecule has 4 nitrogen and oxygen atoms in total. The Kier molecular flexibility index (Phi) is 7.19. The van der Waals surface area contributed by atoms with Crippen molar-refractivity contribution in [2.24, 2.45) is 5.92 Å². The predicted molar refractivity (Wildman–Crippen MR) is 76.1 cm³/mol. The van der Waals surface area contributed by atoms with Crippen LogP contribution in [0.5, 0.6) is 0 Å². The molecule has 0 saturated heterocycles. The lowest BCUT2D eigenvalue weighted by molar-refractivity contribution is 0.412. The number of hydrogen-bond donors (Lipinski definition) is 2. The van der Waals surface area contributed by atoms with Crippen LogP contribution in [-0.4, -0.2) is 33.8 Å². The van der Waals surface area contributed by atoms with E-state index >= 15 is 0 Å². The van der Waals surface area contributed by atoms with Crippen LogP contribution in [-0.2, 0) is 10.0 Å². The number of rotatable bonds is 7. The average molecular weight is 276 g/mol. The van der Waals surface area contributed by atoms with Crippen molar-refractivity contribution < 1.29 is 8.42 Å². The summed E-state index contributed by atoms with van der Waals surface area (Å²) in [6, 6.07) is 0.513. The minimum Gasteiger partial charge on any atom is -0.313 e. The van der Waals surface area contributed by atoms with Gasteiger partial charge in [0.25, 0.3) is 0 Å². The van der Waals surface area contributed by atoms with E-state index in [1.165, 1.54) is 52.0 Å². The molecule has 1 aliphatic carbocycles. The lowest BCUT2D eigenvalue weighted by Crippen LogP contribution is -2.35. The highest BCUT2D eigenvalue weighted by atomic mass is 32.2. The molecular formula is C13H28N2O2S. The molecule has 0 aromatic heterocycles. The summed E-state index contributed by atoms with van der Waals surface area (Å²) in [5.74, 6) is 1.07. The normalized spacial score (nSPS) is 25.9. The molecule has 0 bridgehead atoms. The van der Waals surface area contributed by atoms with Crippen LogP contribution in [0.1, 0.15) is 51.9 Å². The standard InChI is InChI=1S/C13H28N2O2S/c1-3-5-12-6-4-7-13(9-8-12)15-10-11-18(16,17)14-2/h12-15H,3-11H2,1-2H3. The summed E-state index contributed by atoms with van der Waals surface area (Å²) in [5, 5.41) is 3.40. The number of sulfonamides is 1. The molecule has 1 saturated carbocycles. The second-order valence-corrected chi connectivity index (χ2v) is 7.38. The highest BCUT2D eigenvalue weighted by molar-refractivity contribution is 7.89. The van der Waals surface area contributed by atoms with Gasteiger partial charge in [-0.3, -0.25) is 0 Å². The van der Waals surface area contributed by atoms with E-state index in [9.17, 15) is 8.42 Å². The molecule has 108 valence electrons. The summed E-state index contributed by atoms with van der Waals surface area (Å²) in [6.07, 6.45) is 8.94. The fourth-order valence-electron chi connectivity index (χ4n) is 2.78. The van der Waals surface area contributed by atoms with Gasteiger partial charge in [-0.1, -0.05) is 32.6 Å². The Bertz CT molecular complexity index is 317. The molecule has 0 heterocycles. The Labute approximate surface area is 112 Å². The van der Waals surface area contributed by atoms with E-state index < -0.39 is 10.0 Å². The third-order valence-corrected chi connectivity index (χ3v) is 5.26. The van der Waals surface area contributed by atoms with E-state index in [1.54, 1.807) is 0 Å². The molecule has 2 N–H and O–H groups in total. The van der Waals surface area contributed by atoms with E-state index in [1.807, 2.05) is 0 Å². The topological polar surface area (TPSA) is 58.2 Å². The van der Waals surface area contributed by atoms with Gasteiger partial charge in [0.05, 0.1) is 5.75 Å². The van der Waals surface area contributed by atoms with Gasteiger partial charge in [-0.2, -0.15) is 0 Å². The molecule has 2 atom stereocenters. The first kappa shape index (κ1) is 15.9. The van der Waals surface area contributed by atoms with Gasteiger partial charge in [-0.15, -0.1) is 0 Å². The minimum atomic E-state index is -3.06. The molecule has 0 aliphatic heterocycles. The fourth-order valence-corrected chi connectivity index (χ4v) is 3.37. The second-order valence-electron chi connectivity index (χ2n) is 5.34. The molecule has 1 fully saturated rings. The Hall–Kier alpha value is -0.130. The molecule has 2 unspecified atom stereocenters. The van der Waals surface area contributed by atoms with Gasteiger partial charge in [0.15, 0.2) is 0 Å². The molecule has 0 aromatic rings. The van der Waals surface area contributed by atoms with Crippen LogP contribution in [0, 0.1) is 5.92 Å². The molecule has 18 heavy (non-hydrogen) atoms. The second kappa shape index (κ2) is 8.12. The van der Waals surface area contributed by atoms with Crippen molar-refractivity contribution in [2.75, 3.05) is 19.3 Å². The molecule has 1 aliphatic rings. The molecule has 1 rings (SSSR count). The zero-order valence-corrected chi connectivity index (χ0v) is 12.6. The summed E-state index contributed by atoms with van der Waals surface area (Å²) in [7, 11) is -1.59. The van der Waals surface area contributed by atoms with Gasteiger partial charge in [-0.05, 0) is 32.2 Å². The largest absolute Gasteiger partial charge is 0.313 e. The maximum atomic E-state index is 11.3. The lowest BCUT2D eigenvalue weighted by Gasteiger charge is -2.16. The van der Waals surface area contributed by atoms with Gasteiger partial charge in [0, 0.05) is 12.6 Å². The molecule has 0 amide bonds. The van der Waals surface area contributed by atoms with Crippen LogP contribution in [0.15, 0.2) is 0 Å². The highest BCUT2D eigenvalue weighted by Gasteiger charge is 2.18. The van der Waals surface area contributed by atoms with Gasteiger partial charge in [0.2, 0.25) is 10.0 Å². The first-order valence-corrected chi connectivity index (χ1v) is 8.87. The van der Waals surface area contributed by atoms with Crippen molar-refractivity contribution in [2.45, 2.75) is 57.9 Å². The fraction of sp³-hybridized carbons (Fsp3) is 1.00. The van der Waals surface area contributed by atoms with Gasteiger partial charge >= 0.3 is 0 Å². The van der Waals surface area contributed by atoms with Crippen LogP contribution < -0.4 is 10.0 Å². The van der Waals surface area contributed by atoms with Gasteiger partial charge < -0.3 is 5.32 Å². The predicted octanol–water partition coefficient (Wildman–Crippen LogP) is 1.87. The Balaban J connectivity index is 2.23. The Morgan fingerprint density at radius 1 is 1.17 bits per heavy atom. The van der Waals surface area contributed by atoms with Crippen molar-refractivity contribution in [1.82, 2.24) is 10.0 Å². The van der Waals surface area contributed by atoms with E-state index in [-0.39, 0.29) is 5.75 Å². The van der Waals surface area contributed by atoms with Crippen molar-refractivity contribution in [3.63, 3.8) is 0 Å². The number of hydrogen-bond acceptors (Lipinski definition) is 3. The van der Waals surface area contributed by atoms with Crippen LogP contribution in [0.3, 0.4) is 0 Å². The van der Waals surface area contributed by atoms with Crippen LogP contribution in [0.2, 0.25) is 0 Å². The molecular weight excluding hydrogens is 248 g/mol. The number of nitrogens with one attached hydrogen (secondary N) is 2. The van der Waals surface area contributed by atoms with Crippen molar-refractivity contribution in [3.8, 4) is 0 Å². The molecule has 0 radical (unpaired) electrons. The first-order valence-electron chi connectivity index (χ1n) is 7.22. The summed E-state index contributed by atoms with van der Waals surface area (Å²) < 4.78 is 24.9. The van der Waals surface area contributed by atoms with Crippen molar-refractivity contribution in [3.05, 3.63) is 0 Å². The maximum absolute atomic E-state index is 11.3.